The predicted octanol–water partition coefficient (Wildman–Crippen LogP) is 2.60. The van der Waals surface area contributed by atoms with Crippen molar-refractivity contribution in [2.75, 3.05) is 26.7 Å². The van der Waals surface area contributed by atoms with Crippen LogP contribution in [-0.4, -0.2) is 55.3 Å². The van der Waals surface area contributed by atoms with Crippen molar-refractivity contribution in [2.24, 2.45) is 10.4 Å². The highest BCUT2D eigenvalue weighted by molar-refractivity contribution is 5.80. The molecule has 1 rings (SSSR count). The molecule has 0 aromatic rings. The smallest absolute Gasteiger partial charge is 0.407 e. The number of nitrogens with zero attached hydrogens (tertiary/aromatic N) is 2. The molecule has 1 amide bonds. The first-order valence-corrected chi connectivity index (χ1v) is 8.45. The largest absolute Gasteiger partial charge is 0.444 e. The van der Waals surface area contributed by atoms with Crippen LogP contribution in [0, 0.1) is 5.41 Å². The van der Waals surface area contributed by atoms with Gasteiger partial charge in [-0.1, -0.05) is 20.8 Å². The van der Waals surface area contributed by atoms with Crippen LogP contribution in [0.3, 0.4) is 0 Å². The number of carbonyl (C=O) groups is 1. The van der Waals surface area contributed by atoms with Gasteiger partial charge < -0.3 is 20.3 Å². The molecule has 0 radical (unpaired) electrons. The second kappa shape index (κ2) is 7.88. The number of ether oxygens (including phenoxy) is 1. The fraction of sp³-hybridized carbons (Fsp3) is 0.882. The highest BCUT2D eigenvalue weighted by atomic mass is 16.6. The van der Waals surface area contributed by atoms with Crippen molar-refractivity contribution in [1.29, 1.82) is 0 Å². The van der Waals surface area contributed by atoms with Crippen LogP contribution in [0.25, 0.3) is 0 Å². The lowest BCUT2D eigenvalue weighted by Crippen LogP contribution is -2.44. The van der Waals surface area contributed by atoms with E-state index in [9.17, 15) is 4.79 Å². The molecular weight excluding hydrogens is 292 g/mol. The molecule has 2 N–H and O–H groups in total. The number of aliphatic imine (C=N–C) groups is 1. The van der Waals surface area contributed by atoms with Gasteiger partial charge in [0.05, 0.1) is 6.04 Å². The average molecular weight is 326 g/mol. The number of hydrogen-bond donors (Lipinski definition) is 2. The van der Waals surface area contributed by atoms with Crippen molar-refractivity contribution >= 4 is 12.1 Å². The molecule has 0 saturated carbocycles. The Balaban J connectivity index is 2.41. The van der Waals surface area contributed by atoms with Crippen molar-refractivity contribution in [3.63, 3.8) is 0 Å². The first kappa shape index (κ1) is 19.6. The van der Waals surface area contributed by atoms with E-state index in [0.717, 1.165) is 38.4 Å². The molecule has 0 aromatic carbocycles. The standard InChI is InChI=1S/C17H34N4O2/c1-16(2,3)9-10-19-14(18-7)21-11-8-13(12-21)20-15(22)23-17(4,5)6/h13H,8-12H2,1-7H3,(H,18,19)(H,20,22). The first-order chi connectivity index (χ1) is 10.5. The fourth-order valence-corrected chi connectivity index (χ4v) is 2.43. The Morgan fingerprint density at radius 1 is 1.26 bits per heavy atom. The van der Waals surface area contributed by atoms with E-state index in [2.05, 4.69) is 41.3 Å². The van der Waals surface area contributed by atoms with Crippen molar-refractivity contribution in [3.8, 4) is 0 Å². The number of nitrogens with one attached hydrogen (secondary N) is 2. The summed E-state index contributed by atoms with van der Waals surface area (Å²) in [5.41, 5.74) is -0.162. The van der Waals surface area contributed by atoms with Gasteiger partial charge in [0.1, 0.15) is 5.60 Å². The predicted molar refractivity (Wildman–Crippen MR) is 94.8 cm³/mol. The minimum atomic E-state index is -0.465. The fourth-order valence-electron chi connectivity index (χ4n) is 2.43. The normalized spacial score (nSPS) is 19.7. The van der Waals surface area contributed by atoms with Gasteiger partial charge in [-0.2, -0.15) is 0 Å². The number of guanidine groups is 1. The highest BCUT2D eigenvalue weighted by Crippen LogP contribution is 2.17. The second-order valence-electron chi connectivity index (χ2n) is 8.36. The quantitative estimate of drug-likeness (QED) is 0.618. The molecule has 1 fully saturated rings. The lowest BCUT2D eigenvalue weighted by molar-refractivity contribution is 0.0507. The molecule has 23 heavy (non-hydrogen) atoms. The average Bonchev–Trinajstić information content (AvgIpc) is 2.79. The van der Waals surface area contributed by atoms with Crippen LogP contribution in [0.2, 0.25) is 0 Å². The summed E-state index contributed by atoms with van der Waals surface area (Å²) in [6.07, 6.45) is 1.64. The SMILES string of the molecule is CN=C(NCCC(C)(C)C)N1CCC(NC(=O)OC(C)(C)C)C1. The van der Waals surface area contributed by atoms with Gasteiger partial charge in [-0.3, -0.25) is 4.99 Å². The van der Waals surface area contributed by atoms with Crippen LogP contribution in [0.5, 0.6) is 0 Å². The maximum absolute atomic E-state index is 11.8. The molecule has 1 aliphatic heterocycles. The third-order valence-corrected chi connectivity index (χ3v) is 3.58. The maximum Gasteiger partial charge on any atom is 0.407 e. The van der Waals surface area contributed by atoms with E-state index in [1.807, 2.05) is 20.8 Å². The highest BCUT2D eigenvalue weighted by Gasteiger charge is 2.27. The summed E-state index contributed by atoms with van der Waals surface area (Å²) in [5.74, 6) is 0.905. The van der Waals surface area contributed by atoms with Gasteiger partial charge in [0.25, 0.3) is 0 Å². The molecule has 1 saturated heterocycles. The molecule has 1 unspecified atom stereocenters. The molecule has 0 aromatic heterocycles. The van der Waals surface area contributed by atoms with Gasteiger partial charge in [0, 0.05) is 26.7 Å². The summed E-state index contributed by atoms with van der Waals surface area (Å²) >= 11 is 0. The Bertz CT molecular complexity index is 421. The summed E-state index contributed by atoms with van der Waals surface area (Å²) < 4.78 is 5.31. The number of amides is 1. The molecule has 0 spiro atoms. The van der Waals surface area contributed by atoms with E-state index in [1.165, 1.54) is 0 Å². The summed E-state index contributed by atoms with van der Waals surface area (Å²) in [4.78, 5) is 18.4. The number of carbonyl (C=O) groups excluding carboxylic acids is 1. The van der Waals surface area contributed by atoms with Gasteiger partial charge in [0.15, 0.2) is 5.96 Å². The molecule has 1 atom stereocenters. The van der Waals surface area contributed by atoms with Crippen LogP contribution < -0.4 is 10.6 Å². The Labute approximate surface area is 141 Å². The number of rotatable bonds is 3. The Kier molecular flexibility index (Phi) is 6.71. The van der Waals surface area contributed by atoms with Gasteiger partial charge in [-0.05, 0) is 39.0 Å². The van der Waals surface area contributed by atoms with Crippen LogP contribution >= 0.6 is 0 Å². The molecule has 1 aliphatic rings. The third kappa shape index (κ3) is 8.09. The number of likely N-dealkylation sites (tertiary alicyclic amines) is 1. The van der Waals surface area contributed by atoms with Gasteiger partial charge in [0.2, 0.25) is 0 Å². The summed E-state index contributed by atoms with van der Waals surface area (Å²) in [6, 6.07) is 0.103. The Morgan fingerprint density at radius 3 is 2.43 bits per heavy atom. The zero-order valence-electron chi connectivity index (χ0n) is 15.8. The van der Waals surface area contributed by atoms with Crippen LogP contribution in [0.1, 0.15) is 54.4 Å². The Hall–Kier alpha value is -1.46. The van der Waals surface area contributed by atoms with E-state index in [-0.39, 0.29) is 12.1 Å². The molecule has 6 nitrogen and oxygen atoms in total. The maximum atomic E-state index is 11.8. The van der Waals surface area contributed by atoms with Crippen LogP contribution in [0.4, 0.5) is 4.79 Å². The lowest BCUT2D eigenvalue weighted by atomic mass is 9.92. The number of hydrogen-bond acceptors (Lipinski definition) is 3. The topological polar surface area (TPSA) is 66.0 Å². The Morgan fingerprint density at radius 2 is 1.91 bits per heavy atom. The molecule has 6 heteroatoms. The van der Waals surface area contributed by atoms with Crippen molar-refractivity contribution < 1.29 is 9.53 Å². The van der Waals surface area contributed by atoms with E-state index in [1.54, 1.807) is 7.05 Å². The summed E-state index contributed by atoms with van der Waals surface area (Å²) in [5, 5.41) is 6.35. The van der Waals surface area contributed by atoms with Crippen molar-refractivity contribution in [1.82, 2.24) is 15.5 Å². The minimum Gasteiger partial charge on any atom is -0.444 e. The zero-order chi connectivity index (χ0) is 17.7. The summed E-state index contributed by atoms with van der Waals surface area (Å²) in [7, 11) is 1.80. The molecule has 134 valence electrons. The zero-order valence-corrected chi connectivity index (χ0v) is 15.8. The molecule has 0 bridgehead atoms. The summed E-state index contributed by atoms with van der Waals surface area (Å²) in [6.45, 7) is 14.8. The number of alkyl carbamates (subject to hydrolysis) is 1. The first-order valence-electron chi connectivity index (χ1n) is 8.45. The minimum absolute atomic E-state index is 0.103. The van der Waals surface area contributed by atoms with Crippen molar-refractivity contribution in [3.05, 3.63) is 0 Å². The van der Waals surface area contributed by atoms with Crippen LogP contribution in [-0.2, 0) is 4.74 Å². The lowest BCUT2D eigenvalue weighted by Gasteiger charge is -2.25. The van der Waals surface area contributed by atoms with Gasteiger partial charge >= 0.3 is 6.09 Å². The van der Waals surface area contributed by atoms with E-state index >= 15 is 0 Å². The van der Waals surface area contributed by atoms with E-state index in [0.29, 0.717) is 5.41 Å². The van der Waals surface area contributed by atoms with Gasteiger partial charge in [-0.25, -0.2) is 4.79 Å². The third-order valence-electron chi connectivity index (χ3n) is 3.58. The second-order valence-corrected chi connectivity index (χ2v) is 8.36. The van der Waals surface area contributed by atoms with E-state index in [4.69, 9.17) is 4.74 Å². The molecule has 1 heterocycles. The van der Waals surface area contributed by atoms with Crippen molar-refractivity contribution in [2.45, 2.75) is 66.0 Å². The molecular formula is C17H34N4O2. The van der Waals surface area contributed by atoms with Crippen LogP contribution in [0.15, 0.2) is 4.99 Å². The monoisotopic (exact) mass is 326 g/mol. The van der Waals surface area contributed by atoms with Gasteiger partial charge in [-0.15, -0.1) is 0 Å². The molecule has 0 aliphatic carbocycles. The van der Waals surface area contributed by atoms with E-state index < -0.39 is 5.60 Å².